The fourth-order valence-electron chi connectivity index (χ4n) is 3.89. The summed E-state index contributed by atoms with van der Waals surface area (Å²) in [5, 5.41) is 9.82. The van der Waals surface area contributed by atoms with Crippen LogP contribution in [0.2, 0.25) is 5.02 Å². The fourth-order valence-corrected chi connectivity index (χ4v) is 4.11. The van der Waals surface area contributed by atoms with E-state index in [1.54, 1.807) is 24.3 Å². The Morgan fingerprint density at radius 2 is 2.06 bits per heavy atom. The largest absolute Gasteiger partial charge is 0.382 e. The number of nitrogens with zero attached hydrogens (tertiary/aromatic N) is 2. The number of nitrogens with one attached hydrogen (secondary N) is 3. The maximum Gasteiger partial charge on any atom is 0.274 e. The van der Waals surface area contributed by atoms with Crippen LogP contribution in [-0.2, 0) is 6.54 Å². The van der Waals surface area contributed by atoms with Gasteiger partial charge in [0.1, 0.15) is 0 Å². The Bertz CT molecular complexity index is 1210. The Morgan fingerprint density at radius 1 is 1.21 bits per heavy atom. The van der Waals surface area contributed by atoms with Crippen molar-refractivity contribution in [2.24, 2.45) is 0 Å². The first kappa shape index (κ1) is 23.7. The van der Waals surface area contributed by atoms with Gasteiger partial charge in [0.15, 0.2) is 11.5 Å². The van der Waals surface area contributed by atoms with Crippen molar-refractivity contribution in [1.82, 2.24) is 25.9 Å². The number of piperidine rings is 1. The van der Waals surface area contributed by atoms with E-state index in [0.29, 0.717) is 34.9 Å². The number of aromatic nitrogens is 2. The molecule has 3 aromatic rings. The molecule has 2 heterocycles. The molecule has 5 N–H and O–H groups in total. The van der Waals surface area contributed by atoms with Crippen molar-refractivity contribution in [3.8, 4) is 11.3 Å². The first-order valence-corrected chi connectivity index (χ1v) is 11.6. The second-order valence-electron chi connectivity index (χ2n) is 8.34. The normalized spacial score (nSPS) is 15.5. The third kappa shape index (κ3) is 5.70. The number of rotatable bonds is 6. The zero-order chi connectivity index (χ0) is 24.1. The summed E-state index contributed by atoms with van der Waals surface area (Å²) in [5.74, 6) is -0.507. The van der Waals surface area contributed by atoms with Gasteiger partial charge in [0.2, 0.25) is 0 Å². The van der Waals surface area contributed by atoms with Gasteiger partial charge in [0, 0.05) is 35.3 Å². The molecular formula is C25H27ClN6O2. The van der Waals surface area contributed by atoms with Gasteiger partial charge in [-0.15, -0.1) is 0 Å². The van der Waals surface area contributed by atoms with E-state index < -0.39 is 0 Å². The summed E-state index contributed by atoms with van der Waals surface area (Å²) < 4.78 is 0. The molecule has 4 rings (SSSR count). The van der Waals surface area contributed by atoms with Crippen molar-refractivity contribution >= 4 is 29.2 Å². The van der Waals surface area contributed by atoms with Crippen LogP contribution < -0.4 is 21.7 Å². The topological polar surface area (TPSA) is 122 Å². The first-order chi connectivity index (χ1) is 16.4. The predicted octanol–water partition coefficient (Wildman–Crippen LogP) is 3.10. The van der Waals surface area contributed by atoms with Crippen molar-refractivity contribution in [1.29, 1.82) is 0 Å². The van der Waals surface area contributed by atoms with E-state index in [2.05, 4.69) is 25.9 Å². The maximum atomic E-state index is 12.8. The zero-order valence-corrected chi connectivity index (χ0v) is 19.7. The number of benzene rings is 2. The van der Waals surface area contributed by atoms with E-state index >= 15 is 0 Å². The second kappa shape index (κ2) is 10.6. The minimum absolute atomic E-state index is 0.0300. The summed E-state index contributed by atoms with van der Waals surface area (Å²) in [4.78, 5) is 34.2. The monoisotopic (exact) mass is 478 g/mol. The molecule has 176 valence electrons. The number of carbonyl (C=O) groups is 2. The van der Waals surface area contributed by atoms with Gasteiger partial charge in [-0.3, -0.25) is 9.59 Å². The maximum absolute atomic E-state index is 12.8. The SMILES string of the molecule is Cc1cc(Cl)ccc1CNC(=O)c1cccc(-c2cnc(N)c(C(=O)NC3CCCNC3)n2)c1. The van der Waals surface area contributed by atoms with E-state index in [-0.39, 0.29) is 29.4 Å². The first-order valence-electron chi connectivity index (χ1n) is 11.2. The number of hydrogen-bond acceptors (Lipinski definition) is 6. The van der Waals surface area contributed by atoms with E-state index in [9.17, 15) is 9.59 Å². The number of anilines is 1. The number of aryl methyl sites for hydroxylation is 1. The molecule has 1 aliphatic heterocycles. The summed E-state index contributed by atoms with van der Waals surface area (Å²) in [6.45, 7) is 4.00. The van der Waals surface area contributed by atoms with Crippen LogP contribution in [0.3, 0.4) is 0 Å². The third-order valence-corrected chi connectivity index (χ3v) is 6.05. The van der Waals surface area contributed by atoms with Crippen molar-refractivity contribution in [3.05, 3.63) is 76.1 Å². The number of nitrogens with two attached hydrogens (primary N) is 1. The molecule has 0 saturated carbocycles. The molecule has 1 saturated heterocycles. The average molecular weight is 479 g/mol. The predicted molar refractivity (Wildman–Crippen MR) is 133 cm³/mol. The molecule has 2 amide bonds. The molecule has 0 radical (unpaired) electrons. The highest BCUT2D eigenvalue weighted by atomic mass is 35.5. The number of halogens is 1. The lowest BCUT2D eigenvalue weighted by atomic mass is 10.1. The average Bonchev–Trinajstić information content (AvgIpc) is 2.84. The lowest BCUT2D eigenvalue weighted by molar-refractivity contribution is 0.0923. The van der Waals surface area contributed by atoms with Gasteiger partial charge in [-0.25, -0.2) is 9.97 Å². The van der Waals surface area contributed by atoms with E-state index in [0.717, 1.165) is 30.5 Å². The molecular weight excluding hydrogens is 452 g/mol. The third-order valence-electron chi connectivity index (χ3n) is 5.81. The Morgan fingerprint density at radius 3 is 2.82 bits per heavy atom. The van der Waals surface area contributed by atoms with Crippen LogP contribution in [0.4, 0.5) is 5.82 Å². The van der Waals surface area contributed by atoms with E-state index in [4.69, 9.17) is 17.3 Å². The Hall–Kier alpha value is -3.49. The number of amides is 2. The van der Waals surface area contributed by atoms with Crippen molar-refractivity contribution in [2.75, 3.05) is 18.8 Å². The standard InChI is InChI=1S/C25H27ClN6O2/c1-15-10-19(26)8-7-18(15)12-30-24(33)17-5-2-4-16(11-17)21-14-29-23(27)22(32-21)25(34)31-20-6-3-9-28-13-20/h2,4-5,7-8,10-11,14,20,28H,3,6,9,12-13H2,1H3,(H2,27,29)(H,30,33)(H,31,34). The smallest absolute Gasteiger partial charge is 0.274 e. The second-order valence-corrected chi connectivity index (χ2v) is 8.78. The van der Waals surface area contributed by atoms with Gasteiger partial charge >= 0.3 is 0 Å². The van der Waals surface area contributed by atoms with Crippen LogP contribution in [-0.4, -0.2) is 40.9 Å². The molecule has 1 aromatic heterocycles. The summed E-state index contributed by atoms with van der Waals surface area (Å²) in [7, 11) is 0. The highest BCUT2D eigenvalue weighted by Gasteiger charge is 2.20. The van der Waals surface area contributed by atoms with Gasteiger partial charge in [-0.1, -0.05) is 29.8 Å². The molecule has 34 heavy (non-hydrogen) atoms. The van der Waals surface area contributed by atoms with E-state index in [1.807, 2.05) is 25.1 Å². The van der Waals surface area contributed by atoms with E-state index in [1.165, 1.54) is 6.20 Å². The fraction of sp³-hybridized carbons (Fsp3) is 0.280. The van der Waals surface area contributed by atoms with Gasteiger partial charge < -0.3 is 21.7 Å². The van der Waals surface area contributed by atoms with Crippen LogP contribution in [0.25, 0.3) is 11.3 Å². The minimum Gasteiger partial charge on any atom is -0.382 e. The summed E-state index contributed by atoms with van der Waals surface area (Å²) in [5.41, 5.74) is 9.62. The highest BCUT2D eigenvalue weighted by molar-refractivity contribution is 6.30. The summed E-state index contributed by atoms with van der Waals surface area (Å²) >= 11 is 6.01. The number of nitrogen functional groups attached to an aromatic ring is 1. The molecule has 2 aromatic carbocycles. The summed E-state index contributed by atoms with van der Waals surface area (Å²) in [6, 6.07) is 12.6. The van der Waals surface area contributed by atoms with Gasteiger partial charge in [-0.05, 0) is 61.7 Å². The van der Waals surface area contributed by atoms with Crippen molar-refractivity contribution in [3.63, 3.8) is 0 Å². The molecule has 9 heteroatoms. The zero-order valence-electron chi connectivity index (χ0n) is 18.9. The Balaban J connectivity index is 1.48. The van der Waals surface area contributed by atoms with Crippen LogP contribution in [0.15, 0.2) is 48.7 Å². The Labute approximate surface area is 203 Å². The lowest BCUT2D eigenvalue weighted by Gasteiger charge is -2.23. The lowest BCUT2D eigenvalue weighted by Crippen LogP contribution is -2.46. The number of hydrogen-bond donors (Lipinski definition) is 4. The van der Waals surface area contributed by atoms with Gasteiger partial charge in [-0.2, -0.15) is 0 Å². The van der Waals surface area contributed by atoms with Crippen LogP contribution in [0.1, 0.15) is 44.8 Å². The van der Waals surface area contributed by atoms with Crippen LogP contribution >= 0.6 is 11.6 Å². The quantitative estimate of drug-likeness (QED) is 0.432. The van der Waals surface area contributed by atoms with Crippen molar-refractivity contribution < 1.29 is 9.59 Å². The molecule has 1 atom stereocenters. The van der Waals surface area contributed by atoms with Gasteiger partial charge in [0.25, 0.3) is 11.8 Å². The molecule has 1 fully saturated rings. The van der Waals surface area contributed by atoms with Crippen LogP contribution in [0, 0.1) is 6.92 Å². The minimum atomic E-state index is -0.354. The number of carbonyl (C=O) groups excluding carboxylic acids is 2. The molecule has 0 spiro atoms. The molecule has 8 nitrogen and oxygen atoms in total. The van der Waals surface area contributed by atoms with Crippen molar-refractivity contribution in [2.45, 2.75) is 32.4 Å². The molecule has 0 bridgehead atoms. The summed E-state index contributed by atoms with van der Waals surface area (Å²) in [6.07, 6.45) is 3.40. The van der Waals surface area contributed by atoms with Gasteiger partial charge in [0.05, 0.1) is 11.9 Å². The van der Waals surface area contributed by atoms with Crippen LogP contribution in [0.5, 0.6) is 0 Å². The molecule has 1 unspecified atom stereocenters. The molecule has 0 aliphatic carbocycles. The highest BCUT2D eigenvalue weighted by Crippen LogP contribution is 2.21. The molecule has 1 aliphatic rings. The Kier molecular flexibility index (Phi) is 7.40.